The van der Waals surface area contributed by atoms with Crippen LogP contribution in [0.15, 0.2) is 0 Å². The van der Waals surface area contributed by atoms with E-state index in [0.717, 1.165) is 74.3 Å². The minimum atomic E-state index is -0.628. The van der Waals surface area contributed by atoms with E-state index in [1.54, 1.807) is 0 Å². The molecule has 0 radical (unpaired) electrons. The SMILES string of the molecule is CCCN[C@H]1CCc2nc(NC(=O)CNC(=O)NCCCCCCSC3CC(=O)N(CCC(=O)NCSCOCCC(=O)NCC(N)=O)C3=O)sc2C1. The first kappa shape index (κ1) is 43.9. The summed E-state index contributed by atoms with van der Waals surface area (Å²) in [5.41, 5.74) is 6.00. The summed E-state index contributed by atoms with van der Waals surface area (Å²) in [5.74, 6) is -0.907. The van der Waals surface area contributed by atoms with Gasteiger partial charge >= 0.3 is 6.03 Å². The molecule has 8 N–H and O–H groups in total. The van der Waals surface area contributed by atoms with Crippen molar-refractivity contribution in [3.05, 3.63) is 10.6 Å². The molecular formula is C33H53N9O8S3. The number of amides is 8. The van der Waals surface area contributed by atoms with E-state index in [4.69, 9.17) is 10.5 Å². The van der Waals surface area contributed by atoms with Crippen molar-refractivity contribution >= 4 is 81.5 Å². The Balaban J connectivity index is 1.14. The quantitative estimate of drug-likeness (QED) is 0.0392. The average molecular weight is 800 g/mol. The zero-order valence-corrected chi connectivity index (χ0v) is 32.7. The Morgan fingerprint density at radius 1 is 0.943 bits per heavy atom. The van der Waals surface area contributed by atoms with Crippen molar-refractivity contribution in [2.24, 2.45) is 5.73 Å². The first-order valence-corrected chi connectivity index (χ1v) is 21.0. The van der Waals surface area contributed by atoms with Crippen molar-refractivity contribution < 1.29 is 38.3 Å². The van der Waals surface area contributed by atoms with E-state index in [1.807, 2.05) is 0 Å². The zero-order valence-electron chi connectivity index (χ0n) is 30.3. The number of primary amides is 1. The fourth-order valence-electron chi connectivity index (χ4n) is 5.40. The van der Waals surface area contributed by atoms with Gasteiger partial charge in [0, 0.05) is 36.9 Å². The second-order valence-corrected chi connectivity index (χ2v) is 15.8. The molecule has 1 saturated heterocycles. The van der Waals surface area contributed by atoms with E-state index in [0.29, 0.717) is 17.7 Å². The predicted molar refractivity (Wildman–Crippen MR) is 205 cm³/mol. The van der Waals surface area contributed by atoms with E-state index in [9.17, 15) is 33.6 Å². The molecule has 0 bridgehead atoms. The fourth-order valence-corrected chi connectivity index (χ4v) is 8.27. The summed E-state index contributed by atoms with van der Waals surface area (Å²) in [4.78, 5) is 90.8. The number of unbranched alkanes of at least 4 members (excludes halogenated alkanes) is 3. The molecule has 1 aliphatic heterocycles. The molecule has 17 nitrogen and oxygen atoms in total. The number of likely N-dealkylation sites (tertiary alicyclic amines) is 1. The molecule has 2 aliphatic rings. The lowest BCUT2D eigenvalue weighted by atomic mass is 9.98. The molecule has 0 spiro atoms. The van der Waals surface area contributed by atoms with Crippen LogP contribution in [0.25, 0.3) is 0 Å². The number of ether oxygens (including phenoxy) is 1. The summed E-state index contributed by atoms with van der Waals surface area (Å²) in [5, 5.41) is 16.9. The van der Waals surface area contributed by atoms with Crippen LogP contribution in [0.4, 0.5) is 9.93 Å². The van der Waals surface area contributed by atoms with Gasteiger partial charge in [-0.15, -0.1) is 34.9 Å². The van der Waals surface area contributed by atoms with Gasteiger partial charge in [0.1, 0.15) is 0 Å². The van der Waals surface area contributed by atoms with Crippen molar-refractivity contribution in [1.82, 2.24) is 36.5 Å². The average Bonchev–Trinajstić information content (AvgIpc) is 3.65. The Morgan fingerprint density at radius 3 is 2.53 bits per heavy atom. The predicted octanol–water partition coefficient (Wildman–Crippen LogP) is 0.822. The second kappa shape index (κ2) is 24.8. The minimum absolute atomic E-state index is 0.00159. The van der Waals surface area contributed by atoms with Gasteiger partial charge in [0.15, 0.2) is 5.13 Å². The molecular weight excluding hydrogens is 747 g/mol. The maximum atomic E-state index is 12.8. The van der Waals surface area contributed by atoms with Gasteiger partial charge in [0.25, 0.3) is 0 Å². The molecule has 1 unspecified atom stereocenters. The number of aromatic nitrogens is 1. The first-order valence-electron chi connectivity index (χ1n) is 18.0. The van der Waals surface area contributed by atoms with Crippen LogP contribution in [0.3, 0.4) is 0 Å². The highest BCUT2D eigenvalue weighted by Crippen LogP contribution is 2.30. The van der Waals surface area contributed by atoms with Crippen LogP contribution >= 0.6 is 34.9 Å². The van der Waals surface area contributed by atoms with Crippen LogP contribution in [0.2, 0.25) is 0 Å². The van der Waals surface area contributed by atoms with Crippen LogP contribution in [0, 0.1) is 0 Å². The molecule has 53 heavy (non-hydrogen) atoms. The van der Waals surface area contributed by atoms with Crippen molar-refractivity contribution in [1.29, 1.82) is 0 Å². The number of aryl methyl sites for hydroxylation is 1. The van der Waals surface area contributed by atoms with E-state index in [-0.39, 0.29) is 86.9 Å². The molecule has 1 fully saturated rings. The van der Waals surface area contributed by atoms with Crippen LogP contribution in [-0.4, -0.2) is 120 Å². The Bertz CT molecular complexity index is 1400. The lowest BCUT2D eigenvalue weighted by Gasteiger charge is -2.21. The summed E-state index contributed by atoms with van der Waals surface area (Å²) in [6.07, 6.45) is 7.55. The summed E-state index contributed by atoms with van der Waals surface area (Å²) in [6, 6.07) is 0.0383. The smallest absolute Gasteiger partial charge is 0.315 e. The van der Waals surface area contributed by atoms with Gasteiger partial charge in [0.05, 0.1) is 48.9 Å². The molecule has 2 heterocycles. The monoisotopic (exact) mass is 799 g/mol. The van der Waals surface area contributed by atoms with Crippen LogP contribution in [0.1, 0.15) is 75.3 Å². The van der Waals surface area contributed by atoms with Crippen LogP contribution < -0.4 is 37.6 Å². The molecule has 1 aromatic heterocycles. The number of carbonyl (C=O) groups excluding carboxylic acids is 7. The highest BCUT2D eigenvalue weighted by atomic mass is 32.2. The summed E-state index contributed by atoms with van der Waals surface area (Å²) >= 11 is 4.24. The van der Waals surface area contributed by atoms with Gasteiger partial charge in [-0.2, -0.15) is 0 Å². The van der Waals surface area contributed by atoms with E-state index in [1.165, 1.54) is 39.7 Å². The summed E-state index contributed by atoms with van der Waals surface area (Å²) < 4.78 is 5.30. The number of carbonyl (C=O) groups is 7. The Kier molecular flexibility index (Phi) is 20.5. The molecule has 3 rings (SSSR count). The van der Waals surface area contributed by atoms with Gasteiger partial charge in [0.2, 0.25) is 35.4 Å². The van der Waals surface area contributed by atoms with Crippen LogP contribution in [-0.2, 0) is 46.3 Å². The fraction of sp³-hybridized carbons (Fsp3) is 0.697. The Morgan fingerprint density at radius 2 is 1.74 bits per heavy atom. The molecule has 20 heteroatoms. The maximum Gasteiger partial charge on any atom is 0.315 e. The third-order valence-electron chi connectivity index (χ3n) is 8.19. The number of urea groups is 1. The normalized spacial score (nSPS) is 16.6. The number of fused-ring (bicyclic) bond motifs is 1. The standard InChI is InChI=1S/C33H53N9O8S3/c1-2-11-35-22-7-8-23-24(16-22)53-33(40-23)41-29(46)19-38-32(49)36-12-5-3-4-6-15-52-25-17-30(47)42(31(25)48)13-9-27(44)39-20-51-21-50-14-10-28(45)37-18-26(34)43/h22,25,35H,2-21H2,1H3,(H2,34,43)(H,37,45)(H,39,44)(H2,36,38,49)(H,40,41,46)/t22-,25?/m0/s1. The van der Waals surface area contributed by atoms with Crippen molar-refractivity contribution in [3.63, 3.8) is 0 Å². The third kappa shape index (κ3) is 17.5. The lowest BCUT2D eigenvalue weighted by molar-refractivity contribution is -0.138. The highest BCUT2D eigenvalue weighted by Gasteiger charge is 2.38. The molecule has 1 aliphatic carbocycles. The molecule has 8 amide bonds. The highest BCUT2D eigenvalue weighted by molar-refractivity contribution is 8.00. The number of nitrogens with one attached hydrogen (secondary N) is 6. The molecule has 2 atom stereocenters. The minimum Gasteiger partial charge on any atom is -0.370 e. The van der Waals surface area contributed by atoms with Gasteiger partial charge < -0.3 is 42.4 Å². The molecule has 0 saturated carbocycles. The number of nitrogens with zero attached hydrogens (tertiary/aromatic N) is 2. The Labute approximate surface area is 322 Å². The summed E-state index contributed by atoms with van der Waals surface area (Å²) in [6.45, 7) is 3.42. The first-order chi connectivity index (χ1) is 25.5. The third-order valence-corrected chi connectivity index (χ3v) is 11.2. The maximum absolute atomic E-state index is 12.8. The Hall–Kier alpha value is -3.46. The number of thioether (sulfide) groups is 2. The number of nitrogens with two attached hydrogens (primary N) is 1. The van der Waals surface area contributed by atoms with Gasteiger partial charge in [-0.05, 0) is 50.8 Å². The van der Waals surface area contributed by atoms with Gasteiger partial charge in [-0.25, -0.2) is 9.78 Å². The zero-order chi connectivity index (χ0) is 38.4. The van der Waals surface area contributed by atoms with Gasteiger partial charge in [-0.3, -0.25) is 33.7 Å². The number of anilines is 1. The van der Waals surface area contributed by atoms with Crippen LogP contribution in [0.5, 0.6) is 0 Å². The number of imide groups is 1. The molecule has 1 aromatic rings. The van der Waals surface area contributed by atoms with Gasteiger partial charge in [-0.1, -0.05) is 19.8 Å². The lowest BCUT2D eigenvalue weighted by Crippen LogP contribution is -2.40. The van der Waals surface area contributed by atoms with Crippen molar-refractivity contribution in [2.75, 3.05) is 62.2 Å². The molecule has 296 valence electrons. The van der Waals surface area contributed by atoms with Crippen molar-refractivity contribution in [2.45, 2.75) is 88.8 Å². The molecule has 0 aromatic carbocycles. The number of thiazole rings is 1. The van der Waals surface area contributed by atoms with Crippen molar-refractivity contribution in [3.8, 4) is 0 Å². The number of hydrogen-bond donors (Lipinski definition) is 7. The summed E-state index contributed by atoms with van der Waals surface area (Å²) in [7, 11) is 0. The number of rotatable bonds is 26. The second-order valence-electron chi connectivity index (χ2n) is 12.5. The van der Waals surface area contributed by atoms with E-state index < -0.39 is 17.2 Å². The number of hydrogen-bond acceptors (Lipinski definition) is 13. The van der Waals surface area contributed by atoms with E-state index in [2.05, 4.69) is 43.8 Å². The largest absolute Gasteiger partial charge is 0.370 e. The topological polar surface area (TPSA) is 243 Å². The van der Waals surface area contributed by atoms with E-state index >= 15 is 0 Å².